The molecular formula is C15H32N2O. The molecule has 0 radical (unpaired) electrons. The van der Waals surface area contributed by atoms with Crippen molar-refractivity contribution in [3.8, 4) is 0 Å². The van der Waals surface area contributed by atoms with Crippen LogP contribution in [0.1, 0.15) is 65.7 Å². The van der Waals surface area contributed by atoms with Crippen molar-refractivity contribution in [1.29, 1.82) is 0 Å². The van der Waals surface area contributed by atoms with E-state index in [1.807, 2.05) is 0 Å². The Morgan fingerprint density at radius 2 is 1.72 bits per heavy atom. The number of nitrogens with one attached hydrogen (secondary N) is 1. The number of hydrogen-bond donors (Lipinski definition) is 2. The summed E-state index contributed by atoms with van der Waals surface area (Å²) in [5, 5.41) is 0. The molecule has 1 aliphatic carbocycles. The van der Waals surface area contributed by atoms with Crippen LogP contribution in [0.4, 0.5) is 0 Å². The molecule has 18 heavy (non-hydrogen) atoms. The van der Waals surface area contributed by atoms with Crippen LogP contribution in [0, 0.1) is 11.8 Å². The van der Waals surface area contributed by atoms with Crippen LogP contribution < -0.4 is 11.3 Å². The summed E-state index contributed by atoms with van der Waals surface area (Å²) in [5.74, 6) is 7.15. The lowest BCUT2D eigenvalue weighted by Crippen LogP contribution is -2.52. The number of ether oxygens (including phenoxy) is 1. The molecule has 2 atom stereocenters. The molecule has 3 heteroatoms. The predicted molar refractivity (Wildman–Crippen MR) is 77.2 cm³/mol. The molecular weight excluding hydrogens is 224 g/mol. The Morgan fingerprint density at radius 3 is 2.17 bits per heavy atom. The lowest BCUT2D eigenvalue weighted by atomic mass is 9.78. The van der Waals surface area contributed by atoms with Crippen molar-refractivity contribution in [3.63, 3.8) is 0 Å². The van der Waals surface area contributed by atoms with Crippen LogP contribution >= 0.6 is 0 Å². The fourth-order valence-corrected chi connectivity index (χ4v) is 3.48. The van der Waals surface area contributed by atoms with Gasteiger partial charge in [-0.3, -0.25) is 11.3 Å². The standard InChI is InChI=1S/C15H32N2O/c1-4-12(5-2)14(17-16)15(18-6-3)13-10-8-7-9-11-13/h12-15,17H,4-11,16H2,1-3H3. The summed E-state index contributed by atoms with van der Waals surface area (Å²) in [4.78, 5) is 0. The highest BCUT2D eigenvalue weighted by Gasteiger charge is 2.34. The fraction of sp³-hybridized carbons (Fsp3) is 1.00. The molecule has 0 aliphatic heterocycles. The summed E-state index contributed by atoms with van der Waals surface area (Å²) in [6.07, 6.45) is 9.35. The first kappa shape index (κ1) is 15.9. The summed E-state index contributed by atoms with van der Waals surface area (Å²) in [6.45, 7) is 7.39. The molecule has 1 rings (SSSR count). The second-order valence-corrected chi connectivity index (χ2v) is 5.59. The van der Waals surface area contributed by atoms with Crippen LogP contribution in [-0.4, -0.2) is 18.8 Å². The molecule has 1 fully saturated rings. The third-order valence-electron chi connectivity index (χ3n) is 4.58. The zero-order valence-corrected chi connectivity index (χ0v) is 12.5. The van der Waals surface area contributed by atoms with Crippen molar-refractivity contribution in [2.24, 2.45) is 17.7 Å². The van der Waals surface area contributed by atoms with E-state index in [-0.39, 0.29) is 0 Å². The summed E-state index contributed by atoms with van der Waals surface area (Å²) < 4.78 is 6.08. The SMILES string of the molecule is CCOC(C1CCCCC1)C(NN)C(CC)CC. The van der Waals surface area contributed by atoms with Crippen molar-refractivity contribution in [2.75, 3.05) is 6.61 Å². The van der Waals surface area contributed by atoms with Gasteiger partial charge in [0.1, 0.15) is 0 Å². The Balaban J connectivity index is 2.71. The largest absolute Gasteiger partial charge is 0.377 e. The molecule has 0 spiro atoms. The minimum Gasteiger partial charge on any atom is -0.377 e. The summed E-state index contributed by atoms with van der Waals surface area (Å²) >= 11 is 0. The minimum atomic E-state index is 0.296. The van der Waals surface area contributed by atoms with E-state index in [0.29, 0.717) is 24.0 Å². The normalized spacial score (nSPS) is 21.2. The summed E-state index contributed by atoms with van der Waals surface area (Å²) in [5.41, 5.74) is 3.06. The third kappa shape index (κ3) is 4.22. The zero-order chi connectivity index (χ0) is 13.4. The highest BCUT2D eigenvalue weighted by atomic mass is 16.5. The van der Waals surface area contributed by atoms with E-state index in [1.54, 1.807) is 0 Å². The van der Waals surface area contributed by atoms with Crippen molar-refractivity contribution >= 4 is 0 Å². The van der Waals surface area contributed by atoms with Crippen LogP contribution in [-0.2, 0) is 4.74 Å². The summed E-state index contributed by atoms with van der Waals surface area (Å²) in [7, 11) is 0. The first-order chi connectivity index (χ1) is 8.78. The topological polar surface area (TPSA) is 47.3 Å². The highest BCUT2D eigenvalue weighted by molar-refractivity contribution is 4.87. The lowest BCUT2D eigenvalue weighted by Gasteiger charge is -2.38. The van der Waals surface area contributed by atoms with Gasteiger partial charge in [0.2, 0.25) is 0 Å². The molecule has 0 aromatic rings. The predicted octanol–water partition coefficient (Wildman–Crippen LogP) is 3.24. The van der Waals surface area contributed by atoms with Crippen LogP contribution in [0.2, 0.25) is 0 Å². The molecule has 3 N–H and O–H groups in total. The van der Waals surface area contributed by atoms with Gasteiger partial charge in [-0.1, -0.05) is 46.0 Å². The van der Waals surface area contributed by atoms with Crippen LogP contribution in [0.15, 0.2) is 0 Å². The first-order valence-electron chi connectivity index (χ1n) is 7.86. The maximum absolute atomic E-state index is 6.08. The van der Waals surface area contributed by atoms with Gasteiger partial charge in [-0.2, -0.15) is 0 Å². The molecule has 0 heterocycles. The quantitative estimate of drug-likeness (QED) is 0.518. The average Bonchev–Trinajstić information content (AvgIpc) is 2.43. The van der Waals surface area contributed by atoms with Crippen LogP contribution in [0.3, 0.4) is 0 Å². The average molecular weight is 256 g/mol. The number of rotatable bonds is 8. The molecule has 0 bridgehead atoms. The molecule has 2 unspecified atom stereocenters. The molecule has 0 aromatic heterocycles. The van der Waals surface area contributed by atoms with Crippen molar-refractivity contribution in [1.82, 2.24) is 5.43 Å². The van der Waals surface area contributed by atoms with Gasteiger partial charge in [-0.05, 0) is 31.6 Å². The first-order valence-corrected chi connectivity index (χ1v) is 7.86. The highest BCUT2D eigenvalue weighted by Crippen LogP contribution is 2.32. The fourth-order valence-electron chi connectivity index (χ4n) is 3.48. The van der Waals surface area contributed by atoms with Gasteiger partial charge in [0.05, 0.1) is 12.1 Å². The molecule has 3 nitrogen and oxygen atoms in total. The molecule has 108 valence electrons. The number of nitrogens with two attached hydrogens (primary N) is 1. The van der Waals surface area contributed by atoms with E-state index in [1.165, 1.54) is 44.9 Å². The minimum absolute atomic E-state index is 0.296. The van der Waals surface area contributed by atoms with E-state index < -0.39 is 0 Å². The van der Waals surface area contributed by atoms with Gasteiger partial charge in [-0.25, -0.2) is 0 Å². The third-order valence-corrected chi connectivity index (χ3v) is 4.58. The lowest BCUT2D eigenvalue weighted by molar-refractivity contribution is -0.0324. The molecule has 1 saturated carbocycles. The van der Waals surface area contributed by atoms with Gasteiger partial charge in [-0.15, -0.1) is 0 Å². The zero-order valence-electron chi connectivity index (χ0n) is 12.5. The van der Waals surface area contributed by atoms with E-state index in [0.717, 1.165) is 6.61 Å². The Kier molecular flexibility index (Phi) is 7.87. The van der Waals surface area contributed by atoms with Crippen molar-refractivity contribution < 1.29 is 4.74 Å². The maximum Gasteiger partial charge on any atom is 0.0772 e. The van der Waals surface area contributed by atoms with Gasteiger partial charge < -0.3 is 4.74 Å². The Hall–Kier alpha value is -0.120. The second kappa shape index (κ2) is 8.89. The Bertz CT molecular complexity index is 201. The van der Waals surface area contributed by atoms with Crippen LogP contribution in [0.25, 0.3) is 0 Å². The summed E-state index contributed by atoms with van der Waals surface area (Å²) in [6, 6.07) is 0.308. The van der Waals surface area contributed by atoms with Crippen molar-refractivity contribution in [3.05, 3.63) is 0 Å². The van der Waals surface area contributed by atoms with E-state index in [4.69, 9.17) is 10.6 Å². The second-order valence-electron chi connectivity index (χ2n) is 5.59. The molecule has 0 saturated heterocycles. The molecule has 0 amide bonds. The Morgan fingerprint density at radius 1 is 1.11 bits per heavy atom. The van der Waals surface area contributed by atoms with E-state index in [9.17, 15) is 0 Å². The molecule has 0 aromatic carbocycles. The van der Waals surface area contributed by atoms with Gasteiger partial charge in [0.25, 0.3) is 0 Å². The maximum atomic E-state index is 6.08. The number of hydrazine groups is 1. The van der Waals surface area contributed by atoms with E-state index >= 15 is 0 Å². The monoisotopic (exact) mass is 256 g/mol. The Labute approximate surface area is 113 Å². The van der Waals surface area contributed by atoms with E-state index in [2.05, 4.69) is 26.2 Å². The van der Waals surface area contributed by atoms with Gasteiger partial charge >= 0.3 is 0 Å². The smallest absolute Gasteiger partial charge is 0.0772 e. The van der Waals surface area contributed by atoms with Crippen LogP contribution in [0.5, 0.6) is 0 Å². The van der Waals surface area contributed by atoms with Gasteiger partial charge in [0.15, 0.2) is 0 Å². The van der Waals surface area contributed by atoms with Crippen molar-refractivity contribution in [2.45, 2.75) is 77.9 Å². The van der Waals surface area contributed by atoms with Gasteiger partial charge in [0, 0.05) is 6.61 Å². The number of hydrogen-bond acceptors (Lipinski definition) is 3. The molecule has 1 aliphatic rings.